The number of benzene rings is 1. The van der Waals surface area contributed by atoms with Gasteiger partial charge in [0.1, 0.15) is 5.78 Å². The molecule has 0 spiro atoms. The van der Waals surface area contributed by atoms with E-state index >= 15 is 0 Å². The third-order valence-electron chi connectivity index (χ3n) is 3.74. The molecular formula is C14H13NO3. The van der Waals surface area contributed by atoms with Gasteiger partial charge in [0.15, 0.2) is 11.7 Å². The lowest BCUT2D eigenvalue weighted by atomic mass is 9.87. The summed E-state index contributed by atoms with van der Waals surface area (Å²) in [6, 6.07) is 5.47. The number of anilines is 1. The van der Waals surface area contributed by atoms with Crippen molar-refractivity contribution in [1.82, 2.24) is 0 Å². The van der Waals surface area contributed by atoms with Gasteiger partial charge in [0, 0.05) is 11.6 Å². The van der Waals surface area contributed by atoms with Crippen molar-refractivity contribution in [2.45, 2.75) is 26.3 Å². The SMILES string of the molecule is CC(=O)C1C(=O)c2cccc3c2N(C1=O)C(C)C3. The summed E-state index contributed by atoms with van der Waals surface area (Å²) in [4.78, 5) is 37.7. The molecule has 4 nitrogen and oxygen atoms in total. The predicted molar refractivity (Wildman–Crippen MR) is 65.6 cm³/mol. The molecular weight excluding hydrogens is 230 g/mol. The average molecular weight is 243 g/mol. The molecule has 2 aliphatic rings. The van der Waals surface area contributed by atoms with Crippen molar-refractivity contribution in [2.75, 3.05) is 4.90 Å². The third kappa shape index (κ3) is 1.23. The van der Waals surface area contributed by atoms with E-state index in [4.69, 9.17) is 0 Å². The Kier molecular flexibility index (Phi) is 2.17. The van der Waals surface area contributed by atoms with Crippen LogP contribution in [0.15, 0.2) is 18.2 Å². The maximum absolute atomic E-state index is 12.3. The lowest BCUT2D eigenvalue weighted by Crippen LogP contribution is -2.49. The van der Waals surface area contributed by atoms with E-state index in [2.05, 4.69) is 0 Å². The van der Waals surface area contributed by atoms with Gasteiger partial charge in [-0.1, -0.05) is 12.1 Å². The number of carbonyl (C=O) groups is 3. The molecule has 1 amide bonds. The van der Waals surface area contributed by atoms with Gasteiger partial charge in [-0.05, 0) is 31.9 Å². The smallest absolute Gasteiger partial charge is 0.245 e. The van der Waals surface area contributed by atoms with Crippen LogP contribution in [0.2, 0.25) is 0 Å². The monoisotopic (exact) mass is 243 g/mol. The molecule has 0 N–H and O–H groups in total. The lowest BCUT2D eigenvalue weighted by Gasteiger charge is -2.31. The largest absolute Gasteiger partial charge is 0.307 e. The van der Waals surface area contributed by atoms with Crippen LogP contribution in [-0.4, -0.2) is 23.5 Å². The number of hydrogen-bond donors (Lipinski definition) is 0. The second kappa shape index (κ2) is 3.51. The van der Waals surface area contributed by atoms with Crippen molar-refractivity contribution in [3.8, 4) is 0 Å². The Balaban J connectivity index is 2.26. The Morgan fingerprint density at radius 1 is 1.33 bits per heavy atom. The zero-order valence-corrected chi connectivity index (χ0v) is 10.3. The van der Waals surface area contributed by atoms with E-state index in [1.807, 2.05) is 19.1 Å². The van der Waals surface area contributed by atoms with Crippen LogP contribution in [0.25, 0.3) is 0 Å². The Morgan fingerprint density at radius 2 is 2.06 bits per heavy atom. The van der Waals surface area contributed by atoms with Crippen molar-refractivity contribution in [1.29, 1.82) is 0 Å². The number of amides is 1. The molecule has 1 aromatic rings. The van der Waals surface area contributed by atoms with Crippen LogP contribution in [0.5, 0.6) is 0 Å². The molecule has 0 saturated carbocycles. The van der Waals surface area contributed by atoms with Gasteiger partial charge in [-0.2, -0.15) is 0 Å². The quantitative estimate of drug-likeness (QED) is 0.700. The maximum Gasteiger partial charge on any atom is 0.245 e. The fourth-order valence-corrected chi connectivity index (χ4v) is 2.96. The van der Waals surface area contributed by atoms with Gasteiger partial charge in [-0.15, -0.1) is 0 Å². The number of para-hydroxylation sites is 1. The molecule has 18 heavy (non-hydrogen) atoms. The standard InChI is InChI=1S/C14H13NO3/c1-7-6-9-4-3-5-10-12(9)15(7)14(18)11(8(2)16)13(10)17/h3-5,7,11H,6H2,1-2H3. The summed E-state index contributed by atoms with van der Waals surface area (Å²) in [6.07, 6.45) is 0.743. The summed E-state index contributed by atoms with van der Waals surface area (Å²) in [5, 5.41) is 0. The van der Waals surface area contributed by atoms with Crippen molar-refractivity contribution >= 4 is 23.2 Å². The minimum absolute atomic E-state index is 0.0172. The fourth-order valence-electron chi connectivity index (χ4n) is 2.96. The molecule has 0 radical (unpaired) electrons. The van der Waals surface area contributed by atoms with Crippen LogP contribution in [0, 0.1) is 5.92 Å². The first kappa shape index (κ1) is 11.1. The minimum Gasteiger partial charge on any atom is -0.307 e. The van der Waals surface area contributed by atoms with Crippen LogP contribution in [0.1, 0.15) is 29.8 Å². The predicted octanol–water partition coefficient (Wildman–Crippen LogP) is 1.37. The maximum atomic E-state index is 12.3. The van der Waals surface area contributed by atoms with E-state index in [1.165, 1.54) is 6.92 Å². The van der Waals surface area contributed by atoms with Crippen LogP contribution in [-0.2, 0) is 16.0 Å². The van der Waals surface area contributed by atoms with E-state index in [-0.39, 0.29) is 23.5 Å². The van der Waals surface area contributed by atoms with Crippen LogP contribution < -0.4 is 4.90 Å². The second-order valence-electron chi connectivity index (χ2n) is 4.98. The summed E-state index contributed by atoms with van der Waals surface area (Å²) < 4.78 is 0. The molecule has 0 saturated heterocycles. The zero-order valence-electron chi connectivity index (χ0n) is 10.3. The molecule has 0 aliphatic carbocycles. The zero-order chi connectivity index (χ0) is 13.0. The molecule has 0 aromatic heterocycles. The molecule has 0 bridgehead atoms. The highest BCUT2D eigenvalue weighted by Gasteiger charge is 2.47. The first-order valence-corrected chi connectivity index (χ1v) is 6.02. The number of nitrogens with zero attached hydrogens (tertiary/aromatic N) is 1. The van der Waals surface area contributed by atoms with Crippen molar-refractivity contribution in [3.63, 3.8) is 0 Å². The Labute approximate surface area is 105 Å². The van der Waals surface area contributed by atoms with E-state index in [0.717, 1.165) is 17.7 Å². The molecule has 2 atom stereocenters. The Hall–Kier alpha value is -1.97. The van der Waals surface area contributed by atoms with Crippen LogP contribution >= 0.6 is 0 Å². The topological polar surface area (TPSA) is 54.5 Å². The summed E-state index contributed by atoms with van der Waals surface area (Å²) in [7, 11) is 0. The average Bonchev–Trinajstić information content (AvgIpc) is 2.63. The van der Waals surface area contributed by atoms with Crippen molar-refractivity contribution < 1.29 is 14.4 Å². The van der Waals surface area contributed by atoms with E-state index in [9.17, 15) is 14.4 Å². The summed E-state index contributed by atoms with van der Waals surface area (Å²) in [6.45, 7) is 3.24. The van der Waals surface area contributed by atoms with Gasteiger partial charge in [-0.3, -0.25) is 14.4 Å². The molecule has 2 heterocycles. The summed E-state index contributed by atoms with van der Waals surface area (Å²) >= 11 is 0. The second-order valence-corrected chi connectivity index (χ2v) is 4.98. The van der Waals surface area contributed by atoms with Crippen molar-refractivity contribution in [3.05, 3.63) is 29.3 Å². The normalized spacial score (nSPS) is 25.3. The summed E-state index contributed by atoms with van der Waals surface area (Å²) in [5.74, 6) is -2.24. The number of hydrogen-bond acceptors (Lipinski definition) is 3. The first-order valence-electron chi connectivity index (χ1n) is 6.02. The van der Waals surface area contributed by atoms with Gasteiger partial charge in [-0.25, -0.2) is 0 Å². The third-order valence-corrected chi connectivity index (χ3v) is 3.74. The Bertz CT molecular complexity index is 591. The van der Waals surface area contributed by atoms with Gasteiger partial charge in [0.25, 0.3) is 0 Å². The van der Waals surface area contributed by atoms with E-state index in [0.29, 0.717) is 5.56 Å². The molecule has 3 rings (SSSR count). The highest BCUT2D eigenvalue weighted by atomic mass is 16.2. The number of rotatable bonds is 1. The van der Waals surface area contributed by atoms with E-state index in [1.54, 1.807) is 11.0 Å². The van der Waals surface area contributed by atoms with Gasteiger partial charge in [0.05, 0.1) is 5.69 Å². The highest BCUT2D eigenvalue weighted by Crippen LogP contribution is 2.41. The van der Waals surface area contributed by atoms with Crippen molar-refractivity contribution in [2.24, 2.45) is 5.92 Å². The molecule has 2 unspecified atom stereocenters. The van der Waals surface area contributed by atoms with Gasteiger partial charge >= 0.3 is 0 Å². The van der Waals surface area contributed by atoms with Crippen LogP contribution in [0.3, 0.4) is 0 Å². The number of carbonyl (C=O) groups excluding carboxylic acids is 3. The van der Waals surface area contributed by atoms with Gasteiger partial charge < -0.3 is 4.90 Å². The molecule has 2 aliphatic heterocycles. The molecule has 92 valence electrons. The van der Waals surface area contributed by atoms with E-state index < -0.39 is 5.92 Å². The van der Waals surface area contributed by atoms with Crippen LogP contribution in [0.4, 0.5) is 5.69 Å². The number of ketones is 2. The highest BCUT2D eigenvalue weighted by molar-refractivity contribution is 6.31. The van der Waals surface area contributed by atoms with Gasteiger partial charge in [0.2, 0.25) is 5.91 Å². The summed E-state index contributed by atoms with van der Waals surface area (Å²) in [5.41, 5.74) is 2.25. The first-order chi connectivity index (χ1) is 8.52. The molecule has 0 fully saturated rings. The molecule has 4 heteroatoms. The lowest BCUT2D eigenvalue weighted by molar-refractivity contribution is -0.129. The fraction of sp³-hybridized carbons (Fsp3) is 0.357. The Morgan fingerprint density at radius 3 is 2.72 bits per heavy atom. The number of Topliss-reactive ketones (excluding diaryl/α,β-unsaturated/α-hetero) is 2. The minimum atomic E-state index is -1.15. The molecule has 1 aromatic carbocycles.